The first kappa shape index (κ1) is 19.6. The molecule has 26 heavy (non-hydrogen) atoms. The average molecular weight is 484 g/mol. The Morgan fingerprint density at radius 1 is 1.08 bits per heavy atom. The molecule has 2 aromatic rings. The van der Waals surface area contributed by atoms with Gasteiger partial charge in [-0.25, -0.2) is 5.43 Å². The maximum absolute atomic E-state index is 11.8. The van der Waals surface area contributed by atoms with Crippen LogP contribution in [0, 0.1) is 0 Å². The maximum Gasteiger partial charge on any atom is 0.329 e. The number of primary amides is 1. The zero-order chi connectivity index (χ0) is 19.3. The maximum atomic E-state index is 11.8. The highest BCUT2D eigenvalue weighted by Gasteiger charge is 2.13. The third kappa shape index (κ3) is 5.14. The Balaban J connectivity index is 1.97. The Hall–Kier alpha value is -2.72. The van der Waals surface area contributed by atoms with E-state index in [1.165, 1.54) is 30.5 Å². The van der Waals surface area contributed by atoms with Gasteiger partial charge >= 0.3 is 11.8 Å². The van der Waals surface area contributed by atoms with Gasteiger partial charge in [0.25, 0.3) is 0 Å². The third-order valence-electron chi connectivity index (χ3n) is 3.06. The number of carbonyl (C=O) groups excluding carboxylic acids is 3. The number of nitrogens with two attached hydrogens (primary N) is 1. The lowest BCUT2D eigenvalue weighted by Gasteiger charge is -2.05. The molecule has 0 atom stereocenters. The van der Waals surface area contributed by atoms with Crippen molar-refractivity contribution in [2.45, 2.75) is 0 Å². The summed E-state index contributed by atoms with van der Waals surface area (Å²) in [6.45, 7) is 0. The van der Waals surface area contributed by atoms with Crippen molar-refractivity contribution >= 4 is 61.5 Å². The smallest absolute Gasteiger partial charge is 0.329 e. The number of anilines is 1. The molecule has 5 N–H and O–H groups in total. The normalized spacial score (nSPS) is 10.5. The number of aromatic hydroxyl groups is 1. The van der Waals surface area contributed by atoms with Gasteiger partial charge in [-0.3, -0.25) is 14.4 Å². The summed E-state index contributed by atoms with van der Waals surface area (Å²) in [5.41, 5.74) is 8.08. The zero-order valence-corrected chi connectivity index (χ0v) is 16.2. The molecule has 0 fully saturated rings. The second-order valence-electron chi connectivity index (χ2n) is 4.92. The highest BCUT2D eigenvalue weighted by Crippen LogP contribution is 2.30. The molecule has 0 saturated carbocycles. The first-order valence-electron chi connectivity index (χ1n) is 7.00. The first-order chi connectivity index (χ1) is 12.3. The van der Waals surface area contributed by atoms with Crippen molar-refractivity contribution in [1.82, 2.24) is 5.43 Å². The summed E-state index contributed by atoms with van der Waals surface area (Å²) in [4.78, 5) is 34.5. The van der Waals surface area contributed by atoms with E-state index in [1.807, 2.05) is 5.43 Å². The molecule has 0 radical (unpaired) electrons. The minimum atomic E-state index is -1.01. The van der Waals surface area contributed by atoms with Crippen molar-refractivity contribution < 1.29 is 19.5 Å². The van der Waals surface area contributed by atoms with Gasteiger partial charge in [0.2, 0.25) is 5.91 Å². The van der Waals surface area contributed by atoms with Gasteiger partial charge < -0.3 is 16.2 Å². The van der Waals surface area contributed by atoms with Crippen molar-refractivity contribution in [3.63, 3.8) is 0 Å². The standard InChI is InChI=1S/C16H12Br2N4O4/c17-10-5-9(13(23)12(18)6-10)7-20-22-16(26)15(25)21-11-3-1-8(2-4-11)14(19)24/h1-7,23H,(H2,19,24)(H,21,25)(H,22,26)/b20-7+. The average Bonchev–Trinajstić information content (AvgIpc) is 2.59. The van der Waals surface area contributed by atoms with Crippen LogP contribution in [0.5, 0.6) is 5.75 Å². The number of halogens is 2. The van der Waals surface area contributed by atoms with Crippen LogP contribution in [0.1, 0.15) is 15.9 Å². The van der Waals surface area contributed by atoms with Gasteiger partial charge in [-0.15, -0.1) is 0 Å². The number of phenolic OH excluding ortho intramolecular Hbond substituents is 1. The fraction of sp³-hybridized carbons (Fsp3) is 0. The van der Waals surface area contributed by atoms with Crippen molar-refractivity contribution in [3.8, 4) is 5.75 Å². The van der Waals surface area contributed by atoms with E-state index in [4.69, 9.17) is 5.73 Å². The molecule has 0 aliphatic carbocycles. The second-order valence-corrected chi connectivity index (χ2v) is 6.69. The molecule has 2 aromatic carbocycles. The lowest BCUT2D eigenvalue weighted by molar-refractivity contribution is -0.136. The molecule has 3 amide bonds. The quantitative estimate of drug-likeness (QED) is 0.301. The van der Waals surface area contributed by atoms with E-state index in [0.29, 0.717) is 20.2 Å². The van der Waals surface area contributed by atoms with Crippen molar-refractivity contribution in [2.24, 2.45) is 10.8 Å². The highest BCUT2D eigenvalue weighted by molar-refractivity contribution is 9.11. The van der Waals surface area contributed by atoms with Crippen LogP contribution < -0.4 is 16.5 Å². The molecule has 8 nitrogen and oxygen atoms in total. The van der Waals surface area contributed by atoms with E-state index in [9.17, 15) is 19.5 Å². The molecule has 2 rings (SSSR count). The Kier molecular flexibility index (Phi) is 6.47. The van der Waals surface area contributed by atoms with Crippen LogP contribution in [-0.4, -0.2) is 29.0 Å². The summed E-state index contributed by atoms with van der Waals surface area (Å²) < 4.78 is 1.13. The molecular weight excluding hydrogens is 472 g/mol. The summed E-state index contributed by atoms with van der Waals surface area (Å²) in [6, 6.07) is 8.93. The SMILES string of the molecule is NC(=O)c1ccc(NC(=O)C(=O)N/N=C/c2cc(Br)cc(Br)c2O)cc1. The van der Waals surface area contributed by atoms with Gasteiger partial charge in [-0.2, -0.15) is 5.10 Å². The van der Waals surface area contributed by atoms with Crippen molar-refractivity contribution in [1.29, 1.82) is 0 Å². The lowest BCUT2D eigenvalue weighted by atomic mass is 10.2. The van der Waals surface area contributed by atoms with Crippen LogP contribution in [0.25, 0.3) is 0 Å². The van der Waals surface area contributed by atoms with Crippen LogP contribution in [-0.2, 0) is 9.59 Å². The number of benzene rings is 2. The van der Waals surface area contributed by atoms with Crippen LogP contribution >= 0.6 is 31.9 Å². The van der Waals surface area contributed by atoms with E-state index >= 15 is 0 Å². The van der Waals surface area contributed by atoms with Crippen LogP contribution in [0.2, 0.25) is 0 Å². The van der Waals surface area contributed by atoms with Crippen molar-refractivity contribution in [2.75, 3.05) is 5.32 Å². The molecule has 0 aliphatic rings. The summed E-state index contributed by atoms with van der Waals surface area (Å²) in [7, 11) is 0. The number of rotatable bonds is 4. The topological polar surface area (TPSA) is 134 Å². The van der Waals surface area contributed by atoms with Crippen molar-refractivity contribution in [3.05, 3.63) is 56.5 Å². The highest BCUT2D eigenvalue weighted by atomic mass is 79.9. The van der Waals surface area contributed by atoms with E-state index < -0.39 is 17.7 Å². The van der Waals surface area contributed by atoms with E-state index in [0.717, 1.165) is 0 Å². The number of carbonyl (C=O) groups is 3. The number of nitrogens with one attached hydrogen (secondary N) is 2. The molecular formula is C16H12Br2N4O4. The fourth-order valence-corrected chi connectivity index (χ4v) is 3.06. The van der Waals surface area contributed by atoms with Crippen LogP contribution in [0.4, 0.5) is 5.69 Å². The fourth-order valence-electron chi connectivity index (χ4n) is 1.80. The number of nitrogens with zero attached hydrogens (tertiary/aromatic N) is 1. The number of amides is 3. The summed E-state index contributed by atoms with van der Waals surface area (Å²) in [6.07, 6.45) is 1.19. The molecule has 0 aliphatic heterocycles. The van der Waals surface area contributed by atoms with Gasteiger partial charge in [-0.1, -0.05) is 15.9 Å². The Morgan fingerprint density at radius 2 is 1.73 bits per heavy atom. The summed E-state index contributed by atoms with van der Waals surface area (Å²) >= 11 is 6.43. The lowest BCUT2D eigenvalue weighted by Crippen LogP contribution is -2.32. The Bertz CT molecular complexity index is 898. The third-order valence-corrected chi connectivity index (χ3v) is 4.12. The molecule has 0 bridgehead atoms. The molecule has 0 spiro atoms. The molecule has 10 heteroatoms. The predicted molar refractivity (Wildman–Crippen MR) is 103 cm³/mol. The van der Waals surface area contributed by atoms with Gasteiger partial charge in [-0.05, 0) is 52.3 Å². The molecule has 134 valence electrons. The second kappa shape index (κ2) is 8.59. The number of phenols is 1. The van der Waals surface area contributed by atoms with Gasteiger partial charge in [0, 0.05) is 21.3 Å². The van der Waals surface area contributed by atoms with Gasteiger partial charge in [0.05, 0.1) is 10.7 Å². The number of hydrogen-bond donors (Lipinski definition) is 4. The minimum absolute atomic E-state index is 0.0646. The molecule has 0 heterocycles. The predicted octanol–water partition coefficient (Wildman–Crippen LogP) is 2.10. The van der Waals surface area contributed by atoms with Gasteiger partial charge in [0.15, 0.2) is 0 Å². The Morgan fingerprint density at radius 3 is 2.35 bits per heavy atom. The molecule has 0 unspecified atom stereocenters. The van der Waals surface area contributed by atoms with E-state index in [-0.39, 0.29) is 11.3 Å². The van der Waals surface area contributed by atoms with E-state index in [1.54, 1.807) is 12.1 Å². The largest absolute Gasteiger partial charge is 0.506 e. The molecule has 0 aromatic heterocycles. The number of hydrogen-bond acceptors (Lipinski definition) is 5. The van der Waals surface area contributed by atoms with Gasteiger partial charge in [0.1, 0.15) is 5.75 Å². The van der Waals surface area contributed by atoms with Crippen LogP contribution in [0.15, 0.2) is 50.4 Å². The minimum Gasteiger partial charge on any atom is -0.506 e. The molecule has 0 saturated heterocycles. The monoisotopic (exact) mass is 482 g/mol. The summed E-state index contributed by atoms with van der Waals surface area (Å²) in [5.74, 6) is -2.62. The zero-order valence-electron chi connectivity index (χ0n) is 13.0. The Labute approximate surface area is 164 Å². The summed E-state index contributed by atoms with van der Waals surface area (Å²) in [5, 5.41) is 15.8. The van der Waals surface area contributed by atoms with E-state index in [2.05, 4.69) is 42.3 Å². The number of hydrazone groups is 1. The van der Waals surface area contributed by atoms with Crippen LogP contribution in [0.3, 0.4) is 0 Å². The first-order valence-corrected chi connectivity index (χ1v) is 8.59.